The van der Waals surface area contributed by atoms with Crippen LogP contribution in [0.25, 0.3) is 0 Å². The molecule has 0 aliphatic rings. The first kappa shape index (κ1) is 18.8. The molecule has 0 bridgehead atoms. The second-order valence-corrected chi connectivity index (χ2v) is 6.14. The molecule has 9 heteroatoms. The minimum absolute atomic E-state index is 0.178. The lowest BCUT2D eigenvalue weighted by atomic mass is 10.1. The number of hydrogen-bond donors (Lipinski definition) is 1. The van der Waals surface area contributed by atoms with Crippen LogP contribution in [0, 0.1) is 6.92 Å². The highest BCUT2D eigenvalue weighted by molar-refractivity contribution is 6.99. The summed E-state index contributed by atoms with van der Waals surface area (Å²) in [5.41, 5.74) is 0.423. The van der Waals surface area contributed by atoms with Crippen LogP contribution in [0.15, 0.2) is 48.5 Å². The highest BCUT2D eigenvalue weighted by atomic mass is 32.1. The molecule has 140 valence electrons. The Bertz CT molecular complexity index is 957. The number of halogens is 3. The van der Waals surface area contributed by atoms with Gasteiger partial charge in [0, 0.05) is 5.56 Å². The number of aryl methyl sites for hydroxylation is 1. The molecule has 1 amide bonds. The van der Waals surface area contributed by atoms with E-state index in [1.165, 1.54) is 30.3 Å². The normalized spacial score (nSPS) is 11.3. The Morgan fingerprint density at radius 3 is 2.63 bits per heavy atom. The van der Waals surface area contributed by atoms with Crippen molar-refractivity contribution in [2.45, 2.75) is 19.7 Å². The Morgan fingerprint density at radius 1 is 1.15 bits per heavy atom. The van der Waals surface area contributed by atoms with Crippen molar-refractivity contribution in [2.24, 2.45) is 0 Å². The summed E-state index contributed by atoms with van der Waals surface area (Å²) in [7, 11) is 0. The van der Waals surface area contributed by atoms with E-state index in [2.05, 4.69) is 14.1 Å². The molecule has 0 aliphatic carbocycles. The third-order valence-electron chi connectivity index (χ3n) is 3.70. The van der Waals surface area contributed by atoms with Crippen LogP contribution in [-0.2, 0) is 12.8 Å². The van der Waals surface area contributed by atoms with E-state index in [4.69, 9.17) is 4.74 Å². The van der Waals surface area contributed by atoms with E-state index < -0.39 is 17.6 Å². The summed E-state index contributed by atoms with van der Waals surface area (Å²) >= 11 is 1.08. The molecule has 0 atom stereocenters. The number of nitrogens with one attached hydrogen (secondary N) is 1. The Balaban J connectivity index is 1.74. The van der Waals surface area contributed by atoms with Gasteiger partial charge in [0.2, 0.25) is 0 Å². The number of aromatic nitrogens is 2. The van der Waals surface area contributed by atoms with Gasteiger partial charge >= 0.3 is 6.18 Å². The molecule has 0 saturated heterocycles. The van der Waals surface area contributed by atoms with Crippen LogP contribution in [0.4, 0.5) is 18.9 Å². The average Bonchev–Trinajstić information content (AvgIpc) is 3.05. The SMILES string of the molecule is Cc1nsnc1COc1cccc(C(=O)Nc2ccccc2C(F)(F)F)c1. The summed E-state index contributed by atoms with van der Waals surface area (Å²) in [6, 6.07) is 11.0. The van der Waals surface area contributed by atoms with Gasteiger partial charge in [-0.05, 0) is 37.3 Å². The van der Waals surface area contributed by atoms with E-state index >= 15 is 0 Å². The summed E-state index contributed by atoms with van der Waals surface area (Å²) < 4.78 is 52.9. The molecular weight excluding hydrogens is 379 g/mol. The maximum atomic E-state index is 13.1. The van der Waals surface area contributed by atoms with E-state index in [1.807, 2.05) is 6.92 Å². The molecule has 27 heavy (non-hydrogen) atoms. The summed E-state index contributed by atoms with van der Waals surface area (Å²) in [6.45, 7) is 1.99. The number of alkyl halides is 3. The fraction of sp³-hybridized carbons (Fsp3) is 0.167. The first-order valence-corrected chi connectivity index (χ1v) is 8.56. The minimum atomic E-state index is -4.56. The third kappa shape index (κ3) is 4.62. The van der Waals surface area contributed by atoms with Crippen LogP contribution in [0.2, 0.25) is 0 Å². The van der Waals surface area contributed by atoms with Gasteiger partial charge in [-0.25, -0.2) is 0 Å². The summed E-state index contributed by atoms with van der Waals surface area (Å²) in [5, 5.41) is 2.30. The first-order valence-electron chi connectivity index (χ1n) is 7.83. The van der Waals surface area contributed by atoms with Crippen LogP contribution in [-0.4, -0.2) is 14.7 Å². The number of anilines is 1. The van der Waals surface area contributed by atoms with Crippen LogP contribution < -0.4 is 10.1 Å². The quantitative estimate of drug-likeness (QED) is 0.683. The van der Waals surface area contributed by atoms with Gasteiger partial charge in [0.1, 0.15) is 18.1 Å². The topological polar surface area (TPSA) is 64.1 Å². The Labute approximate surface area is 157 Å². The fourth-order valence-electron chi connectivity index (χ4n) is 2.29. The molecule has 1 N–H and O–H groups in total. The number of hydrogen-bond acceptors (Lipinski definition) is 5. The van der Waals surface area contributed by atoms with Gasteiger partial charge in [-0.15, -0.1) is 0 Å². The van der Waals surface area contributed by atoms with Gasteiger partial charge in [-0.2, -0.15) is 21.9 Å². The lowest BCUT2D eigenvalue weighted by Crippen LogP contribution is -2.16. The van der Waals surface area contributed by atoms with Crippen molar-refractivity contribution in [2.75, 3.05) is 5.32 Å². The summed E-state index contributed by atoms with van der Waals surface area (Å²) in [4.78, 5) is 12.4. The molecular formula is C18H14F3N3O2S. The standard InChI is InChI=1S/C18H14F3N3O2S/c1-11-16(24-27-23-11)10-26-13-6-4-5-12(9-13)17(25)22-15-8-3-2-7-14(15)18(19,20)21/h2-9H,10H2,1H3,(H,22,25). The van der Waals surface area contributed by atoms with Gasteiger partial charge in [-0.1, -0.05) is 18.2 Å². The van der Waals surface area contributed by atoms with E-state index in [0.717, 1.165) is 23.5 Å². The fourth-order valence-corrected chi connectivity index (χ4v) is 2.85. The number of amides is 1. The molecule has 1 aromatic heterocycles. The molecule has 1 heterocycles. The predicted molar refractivity (Wildman–Crippen MR) is 94.8 cm³/mol. The average molecular weight is 393 g/mol. The third-order valence-corrected chi connectivity index (χ3v) is 4.36. The van der Waals surface area contributed by atoms with E-state index in [9.17, 15) is 18.0 Å². The zero-order valence-corrected chi connectivity index (χ0v) is 14.9. The highest BCUT2D eigenvalue weighted by Gasteiger charge is 2.33. The Kier molecular flexibility index (Phi) is 5.41. The van der Waals surface area contributed by atoms with E-state index in [-0.39, 0.29) is 17.9 Å². The van der Waals surface area contributed by atoms with Crippen molar-refractivity contribution in [3.05, 3.63) is 71.0 Å². The van der Waals surface area contributed by atoms with Gasteiger partial charge in [0.25, 0.3) is 5.91 Å². The molecule has 0 saturated carbocycles. The Hall–Kier alpha value is -2.94. The largest absolute Gasteiger partial charge is 0.487 e. The van der Waals surface area contributed by atoms with Crippen molar-refractivity contribution < 1.29 is 22.7 Å². The molecule has 0 unspecified atom stereocenters. The number of nitrogens with zero attached hydrogens (tertiary/aromatic N) is 2. The number of ether oxygens (including phenoxy) is 1. The summed E-state index contributed by atoms with van der Waals surface area (Å²) in [6.07, 6.45) is -4.56. The van der Waals surface area contributed by atoms with Crippen molar-refractivity contribution in [3.8, 4) is 5.75 Å². The van der Waals surface area contributed by atoms with Gasteiger partial charge in [0.15, 0.2) is 0 Å². The smallest absolute Gasteiger partial charge is 0.418 e. The molecule has 0 fully saturated rings. The molecule has 3 aromatic rings. The van der Waals surface area contributed by atoms with Gasteiger partial charge < -0.3 is 10.1 Å². The predicted octanol–water partition coefficient (Wildman–Crippen LogP) is 4.70. The van der Waals surface area contributed by atoms with E-state index in [1.54, 1.807) is 12.1 Å². The molecule has 5 nitrogen and oxygen atoms in total. The number of benzene rings is 2. The zero-order valence-electron chi connectivity index (χ0n) is 14.1. The van der Waals surface area contributed by atoms with Gasteiger partial charge in [-0.3, -0.25) is 4.79 Å². The van der Waals surface area contributed by atoms with Crippen molar-refractivity contribution >= 4 is 23.3 Å². The highest BCUT2D eigenvalue weighted by Crippen LogP contribution is 2.34. The molecule has 3 rings (SSSR count). The molecule has 2 aromatic carbocycles. The number of carbonyl (C=O) groups excluding carboxylic acids is 1. The molecule has 0 spiro atoms. The maximum absolute atomic E-state index is 13.1. The second kappa shape index (κ2) is 7.75. The monoisotopic (exact) mass is 393 g/mol. The maximum Gasteiger partial charge on any atom is 0.418 e. The Morgan fingerprint density at radius 2 is 1.93 bits per heavy atom. The molecule has 0 radical (unpaired) electrons. The van der Waals surface area contributed by atoms with Crippen molar-refractivity contribution in [3.63, 3.8) is 0 Å². The second-order valence-electron chi connectivity index (χ2n) is 5.61. The van der Waals surface area contributed by atoms with Crippen LogP contribution in [0.3, 0.4) is 0 Å². The first-order chi connectivity index (χ1) is 12.8. The summed E-state index contributed by atoms with van der Waals surface area (Å²) in [5.74, 6) is -0.261. The lowest BCUT2D eigenvalue weighted by Gasteiger charge is -2.14. The number of carbonyl (C=O) groups is 1. The minimum Gasteiger partial charge on any atom is -0.487 e. The number of rotatable bonds is 5. The van der Waals surface area contributed by atoms with Crippen LogP contribution in [0.5, 0.6) is 5.75 Å². The van der Waals surface area contributed by atoms with Crippen LogP contribution in [0.1, 0.15) is 27.3 Å². The lowest BCUT2D eigenvalue weighted by molar-refractivity contribution is -0.136. The molecule has 0 aliphatic heterocycles. The van der Waals surface area contributed by atoms with Crippen molar-refractivity contribution in [1.29, 1.82) is 0 Å². The van der Waals surface area contributed by atoms with Crippen LogP contribution >= 0.6 is 11.7 Å². The number of para-hydroxylation sites is 1. The van der Waals surface area contributed by atoms with Gasteiger partial charge in [0.05, 0.1) is 28.7 Å². The van der Waals surface area contributed by atoms with Crippen molar-refractivity contribution in [1.82, 2.24) is 8.75 Å². The zero-order chi connectivity index (χ0) is 19.4. The van der Waals surface area contributed by atoms with E-state index in [0.29, 0.717) is 11.4 Å².